The van der Waals surface area contributed by atoms with E-state index in [-0.39, 0.29) is 0 Å². The fourth-order valence-corrected chi connectivity index (χ4v) is 2.31. The molecular weight excluding hydrogens is 290 g/mol. The number of methoxy groups -OCH3 is 2. The highest BCUT2D eigenvalue weighted by Gasteiger charge is 2.08. The van der Waals surface area contributed by atoms with Crippen molar-refractivity contribution in [2.45, 2.75) is 0 Å². The van der Waals surface area contributed by atoms with Crippen molar-refractivity contribution in [3.05, 3.63) is 53.9 Å². The predicted molar refractivity (Wildman–Crippen MR) is 89.1 cm³/mol. The molecule has 0 aliphatic rings. The van der Waals surface area contributed by atoms with Gasteiger partial charge in [0, 0.05) is 6.07 Å². The summed E-state index contributed by atoms with van der Waals surface area (Å²) in [5.41, 5.74) is 2.97. The topological polar surface area (TPSA) is 70.9 Å². The summed E-state index contributed by atoms with van der Waals surface area (Å²) < 4.78 is 10.5. The smallest absolute Gasteiger partial charge is 0.149 e. The van der Waals surface area contributed by atoms with Crippen LogP contribution in [0.4, 0.5) is 0 Å². The van der Waals surface area contributed by atoms with E-state index < -0.39 is 0 Å². The standard InChI is InChI=1S/C18H15N3O2/c1-22-14-8-12(9-15(10-14)23-2)7-13(11-19)18-20-16-5-3-4-6-17(16)21-18/h3-10H,1-2H3,(H,20,21). The Morgan fingerprint density at radius 2 is 1.83 bits per heavy atom. The Balaban J connectivity index is 2.06. The van der Waals surface area contributed by atoms with E-state index in [9.17, 15) is 5.26 Å². The average Bonchev–Trinajstić information content (AvgIpc) is 3.03. The number of nitrogens with one attached hydrogen (secondary N) is 1. The van der Waals surface area contributed by atoms with Gasteiger partial charge in [-0.25, -0.2) is 4.98 Å². The van der Waals surface area contributed by atoms with Crippen LogP contribution in [0.15, 0.2) is 42.5 Å². The van der Waals surface area contributed by atoms with E-state index in [1.54, 1.807) is 26.4 Å². The maximum absolute atomic E-state index is 9.48. The molecule has 114 valence electrons. The second-order valence-corrected chi connectivity index (χ2v) is 4.92. The normalized spacial score (nSPS) is 11.3. The first-order chi connectivity index (χ1) is 11.2. The van der Waals surface area contributed by atoms with Crippen LogP contribution in [0.3, 0.4) is 0 Å². The molecule has 1 heterocycles. The third kappa shape index (κ3) is 3.01. The Labute approximate surface area is 133 Å². The van der Waals surface area contributed by atoms with Gasteiger partial charge in [-0.3, -0.25) is 0 Å². The van der Waals surface area contributed by atoms with E-state index in [1.807, 2.05) is 36.4 Å². The summed E-state index contributed by atoms with van der Waals surface area (Å²) in [7, 11) is 3.18. The lowest BCUT2D eigenvalue weighted by molar-refractivity contribution is 0.394. The Kier molecular flexibility index (Phi) is 3.98. The van der Waals surface area contributed by atoms with E-state index in [0.717, 1.165) is 16.6 Å². The van der Waals surface area contributed by atoms with E-state index in [4.69, 9.17) is 9.47 Å². The minimum Gasteiger partial charge on any atom is -0.497 e. The van der Waals surface area contributed by atoms with Crippen molar-refractivity contribution in [1.82, 2.24) is 9.97 Å². The highest BCUT2D eigenvalue weighted by Crippen LogP contribution is 2.26. The van der Waals surface area contributed by atoms with Crippen LogP contribution in [0.25, 0.3) is 22.7 Å². The van der Waals surface area contributed by atoms with Gasteiger partial charge in [-0.15, -0.1) is 0 Å². The van der Waals surface area contributed by atoms with Crippen LogP contribution in [-0.4, -0.2) is 24.2 Å². The van der Waals surface area contributed by atoms with Crippen LogP contribution in [0.2, 0.25) is 0 Å². The maximum Gasteiger partial charge on any atom is 0.149 e. The molecule has 3 rings (SSSR count). The van der Waals surface area contributed by atoms with Crippen molar-refractivity contribution in [3.8, 4) is 17.6 Å². The highest BCUT2D eigenvalue weighted by molar-refractivity contribution is 5.90. The number of fused-ring (bicyclic) bond motifs is 1. The number of hydrogen-bond acceptors (Lipinski definition) is 4. The largest absolute Gasteiger partial charge is 0.497 e. The lowest BCUT2D eigenvalue weighted by Gasteiger charge is -2.06. The summed E-state index contributed by atoms with van der Waals surface area (Å²) in [6.45, 7) is 0. The van der Waals surface area contributed by atoms with Gasteiger partial charge in [0.05, 0.1) is 30.8 Å². The van der Waals surface area contributed by atoms with Crippen LogP contribution in [-0.2, 0) is 0 Å². The van der Waals surface area contributed by atoms with Crippen molar-refractivity contribution in [1.29, 1.82) is 5.26 Å². The van der Waals surface area contributed by atoms with Gasteiger partial charge >= 0.3 is 0 Å². The number of hydrogen-bond donors (Lipinski definition) is 1. The number of aromatic nitrogens is 2. The first-order valence-electron chi connectivity index (χ1n) is 7.03. The summed E-state index contributed by atoms with van der Waals surface area (Å²) in [6.07, 6.45) is 1.75. The molecule has 0 amide bonds. The first kappa shape index (κ1) is 14.7. The van der Waals surface area contributed by atoms with E-state index in [1.165, 1.54) is 0 Å². The average molecular weight is 305 g/mol. The van der Waals surface area contributed by atoms with Gasteiger partial charge in [-0.1, -0.05) is 12.1 Å². The minimum atomic E-state index is 0.441. The molecular formula is C18H15N3O2. The molecule has 0 saturated heterocycles. The number of benzene rings is 2. The molecule has 0 bridgehead atoms. The second-order valence-electron chi connectivity index (χ2n) is 4.92. The minimum absolute atomic E-state index is 0.441. The van der Waals surface area contributed by atoms with Crippen molar-refractivity contribution < 1.29 is 9.47 Å². The summed E-state index contributed by atoms with van der Waals surface area (Å²) in [5, 5.41) is 9.48. The monoisotopic (exact) mass is 305 g/mol. The van der Waals surface area contributed by atoms with Crippen LogP contribution in [0.1, 0.15) is 11.4 Å². The molecule has 5 heteroatoms. The molecule has 0 atom stereocenters. The van der Waals surface area contributed by atoms with Crippen LogP contribution >= 0.6 is 0 Å². The van der Waals surface area contributed by atoms with Crippen molar-refractivity contribution in [2.24, 2.45) is 0 Å². The summed E-state index contributed by atoms with van der Waals surface area (Å²) in [6, 6.07) is 15.3. The molecule has 0 aliphatic heterocycles. The lowest BCUT2D eigenvalue weighted by atomic mass is 10.1. The molecule has 0 fully saturated rings. The Morgan fingerprint density at radius 3 is 2.43 bits per heavy atom. The number of H-pyrrole nitrogens is 1. The second kappa shape index (κ2) is 6.24. The van der Waals surface area contributed by atoms with Crippen LogP contribution < -0.4 is 9.47 Å². The van der Waals surface area contributed by atoms with E-state index in [0.29, 0.717) is 22.9 Å². The predicted octanol–water partition coefficient (Wildman–Crippen LogP) is 3.64. The SMILES string of the molecule is COc1cc(C=C(C#N)c2nc3ccccc3[nH]2)cc(OC)c1. The number of aromatic amines is 1. The molecule has 2 aromatic carbocycles. The molecule has 0 unspecified atom stereocenters. The van der Waals surface area contributed by atoms with Crippen molar-refractivity contribution in [2.75, 3.05) is 14.2 Å². The van der Waals surface area contributed by atoms with Gasteiger partial charge in [0.1, 0.15) is 23.4 Å². The molecule has 5 nitrogen and oxygen atoms in total. The van der Waals surface area contributed by atoms with Crippen molar-refractivity contribution in [3.63, 3.8) is 0 Å². The zero-order chi connectivity index (χ0) is 16.2. The van der Waals surface area contributed by atoms with Crippen LogP contribution in [0.5, 0.6) is 11.5 Å². The zero-order valence-corrected chi connectivity index (χ0v) is 12.8. The first-order valence-corrected chi connectivity index (χ1v) is 7.03. The Morgan fingerprint density at radius 1 is 1.13 bits per heavy atom. The number of rotatable bonds is 4. The van der Waals surface area contributed by atoms with Gasteiger partial charge in [0.15, 0.2) is 0 Å². The molecule has 1 N–H and O–H groups in total. The summed E-state index contributed by atoms with van der Waals surface area (Å²) >= 11 is 0. The number of nitriles is 1. The van der Waals surface area contributed by atoms with Crippen LogP contribution in [0, 0.1) is 11.3 Å². The molecule has 0 radical (unpaired) electrons. The maximum atomic E-state index is 9.48. The molecule has 3 aromatic rings. The fourth-order valence-electron chi connectivity index (χ4n) is 2.31. The zero-order valence-electron chi connectivity index (χ0n) is 12.8. The third-order valence-electron chi connectivity index (χ3n) is 3.45. The third-order valence-corrected chi connectivity index (χ3v) is 3.45. The number of allylic oxidation sites excluding steroid dienone is 1. The van der Waals surface area contributed by atoms with E-state index in [2.05, 4.69) is 16.0 Å². The van der Waals surface area contributed by atoms with Gasteiger partial charge in [0.25, 0.3) is 0 Å². The number of ether oxygens (including phenoxy) is 2. The number of nitrogens with zero attached hydrogens (tertiary/aromatic N) is 2. The van der Waals surface area contributed by atoms with Crippen molar-refractivity contribution >= 4 is 22.7 Å². The van der Waals surface area contributed by atoms with E-state index >= 15 is 0 Å². The molecule has 0 saturated carbocycles. The van der Waals surface area contributed by atoms with Gasteiger partial charge in [-0.05, 0) is 35.9 Å². The number of para-hydroxylation sites is 2. The summed E-state index contributed by atoms with van der Waals surface area (Å²) in [4.78, 5) is 7.62. The molecule has 23 heavy (non-hydrogen) atoms. The fraction of sp³-hybridized carbons (Fsp3) is 0.111. The lowest BCUT2D eigenvalue weighted by Crippen LogP contribution is -1.89. The van der Waals surface area contributed by atoms with Gasteiger partial charge in [0.2, 0.25) is 0 Å². The quantitative estimate of drug-likeness (QED) is 0.747. The molecule has 1 aromatic heterocycles. The van der Waals surface area contributed by atoms with Gasteiger partial charge < -0.3 is 14.5 Å². The molecule has 0 spiro atoms. The number of imidazole rings is 1. The van der Waals surface area contributed by atoms with Gasteiger partial charge in [-0.2, -0.15) is 5.26 Å². The Hall–Kier alpha value is -3.26. The highest BCUT2D eigenvalue weighted by atomic mass is 16.5. The summed E-state index contributed by atoms with van der Waals surface area (Å²) in [5.74, 6) is 1.87. The Bertz CT molecular complexity index is 864. The molecule has 0 aliphatic carbocycles.